The summed E-state index contributed by atoms with van der Waals surface area (Å²) in [5, 5.41) is 14.1. The number of benzene rings is 5. The molecule has 5 aromatic carbocycles. The van der Waals surface area contributed by atoms with E-state index in [4.69, 9.17) is 9.47 Å². The largest absolute Gasteiger partial charge is 0.456 e. The number of fused-ring (bicyclic) bond motifs is 6. The molecule has 5 nitrogen and oxygen atoms in total. The standard InChI is InChI=1S/C30H17NO4/c32-31(33)23-13-7-12-22-29(28-19-9-2-1-8-18(19)16-17-26(28)35-30(22)23)27-20-10-3-5-14-24(20)34-25-15-6-4-11-21(25)27/h1-17H. The van der Waals surface area contributed by atoms with E-state index in [9.17, 15) is 10.1 Å². The molecule has 0 spiro atoms. The van der Waals surface area contributed by atoms with Crippen LogP contribution >= 0.6 is 0 Å². The maximum absolute atomic E-state index is 12.0. The van der Waals surface area contributed by atoms with E-state index >= 15 is 0 Å². The number of rotatable bonds is 1. The lowest BCUT2D eigenvalue weighted by atomic mass is 9.81. The topological polar surface area (TPSA) is 61.6 Å². The molecule has 0 N–H and O–H groups in total. The molecule has 0 aliphatic carbocycles. The number of nitrogens with zero attached hydrogens (tertiary/aromatic N) is 1. The quantitative estimate of drug-likeness (QED) is 0.186. The number of ether oxygens (including phenoxy) is 2. The van der Waals surface area contributed by atoms with E-state index in [1.807, 2.05) is 78.9 Å². The first-order valence-corrected chi connectivity index (χ1v) is 11.3. The van der Waals surface area contributed by atoms with Gasteiger partial charge in [0.1, 0.15) is 17.2 Å². The lowest BCUT2D eigenvalue weighted by Crippen LogP contribution is -2.10. The molecule has 0 saturated heterocycles. The van der Waals surface area contributed by atoms with Gasteiger partial charge in [-0.25, -0.2) is 0 Å². The first kappa shape index (κ1) is 19.6. The molecule has 5 aromatic rings. The Balaban J connectivity index is 1.71. The highest BCUT2D eigenvalue weighted by atomic mass is 16.6. The molecule has 166 valence electrons. The van der Waals surface area contributed by atoms with Crippen LogP contribution in [0.25, 0.3) is 21.9 Å². The van der Waals surface area contributed by atoms with Gasteiger partial charge < -0.3 is 9.47 Å². The van der Waals surface area contributed by atoms with E-state index in [1.165, 1.54) is 6.07 Å². The van der Waals surface area contributed by atoms with Crippen LogP contribution in [-0.2, 0) is 0 Å². The van der Waals surface area contributed by atoms with E-state index in [1.54, 1.807) is 6.07 Å². The van der Waals surface area contributed by atoms with Crippen molar-refractivity contribution < 1.29 is 14.4 Å². The maximum Gasteiger partial charge on any atom is 0.312 e. The van der Waals surface area contributed by atoms with Gasteiger partial charge in [0.05, 0.1) is 4.92 Å². The highest BCUT2D eigenvalue weighted by molar-refractivity contribution is 6.15. The fourth-order valence-electron chi connectivity index (χ4n) is 5.13. The second-order valence-electron chi connectivity index (χ2n) is 8.52. The minimum Gasteiger partial charge on any atom is -0.456 e. The molecule has 0 unspecified atom stereocenters. The molecule has 0 radical (unpaired) electrons. The number of hydrogen-bond acceptors (Lipinski definition) is 4. The summed E-state index contributed by atoms with van der Waals surface area (Å²) in [5.41, 5.74) is 5.25. The molecule has 0 fully saturated rings. The number of hydrogen-bond donors (Lipinski definition) is 0. The summed E-state index contributed by atoms with van der Waals surface area (Å²) < 4.78 is 12.5. The van der Waals surface area contributed by atoms with Crippen molar-refractivity contribution in [1.82, 2.24) is 0 Å². The van der Waals surface area contributed by atoms with E-state index in [-0.39, 0.29) is 16.4 Å². The second kappa shape index (κ2) is 7.30. The Morgan fingerprint density at radius 3 is 1.97 bits per heavy atom. The van der Waals surface area contributed by atoms with Crippen molar-refractivity contribution in [3.05, 3.63) is 135 Å². The van der Waals surface area contributed by atoms with Gasteiger partial charge in [0, 0.05) is 39.5 Å². The van der Waals surface area contributed by atoms with E-state index in [0.29, 0.717) is 11.3 Å². The van der Waals surface area contributed by atoms with Gasteiger partial charge in [-0.05, 0) is 29.0 Å². The molecule has 7 rings (SSSR count). The molecule has 5 heteroatoms. The third kappa shape index (κ3) is 2.82. The molecule has 0 bridgehead atoms. The summed E-state index contributed by atoms with van der Waals surface area (Å²) in [6.07, 6.45) is 0. The number of nitro benzene ring substituents is 1. The summed E-state index contributed by atoms with van der Waals surface area (Å²) in [6, 6.07) is 32.9. The molecule has 2 heterocycles. The fourth-order valence-corrected chi connectivity index (χ4v) is 5.13. The maximum atomic E-state index is 12.0. The first-order valence-electron chi connectivity index (χ1n) is 11.3. The summed E-state index contributed by atoms with van der Waals surface area (Å²) in [5.74, 6) is 2.33. The zero-order chi connectivity index (χ0) is 23.5. The van der Waals surface area contributed by atoms with Crippen molar-refractivity contribution in [3.8, 4) is 23.0 Å². The first-order chi connectivity index (χ1) is 17.2. The van der Waals surface area contributed by atoms with Gasteiger partial charge >= 0.3 is 5.69 Å². The Morgan fingerprint density at radius 2 is 1.23 bits per heavy atom. The van der Waals surface area contributed by atoms with Gasteiger partial charge in [-0.3, -0.25) is 10.1 Å². The van der Waals surface area contributed by atoms with Crippen LogP contribution in [-0.4, -0.2) is 4.92 Å². The Bertz CT molecular complexity index is 1690. The van der Waals surface area contributed by atoms with Crippen molar-refractivity contribution >= 4 is 27.6 Å². The monoisotopic (exact) mass is 455 g/mol. The van der Waals surface area contributed by atoms with Crippen LogP contribution < -0.4 is 9.47 Å². The summed E-state index contributed by atoms with van der Waals surface area (Å²) in [7, 11) is 0. The molecule has 0 amide bonds. The lowest BCUT2D eigenvalue weighted by molar-refractivity contribution is -0.385. The van der Waals surface area contributed by atoms with Crippen molar-refractivity contribution in [3.63, 3.8) is 0 Å². The predicted molar refractivity (Wildman–Crippen MR) is 135 cm³/mol. The minimum absolute atomic E-state index is 0.0620. The van der Waals surface area contributed by atoms with Gasteiger partial charge in [-0.1, -0.05) is 78.9 Å². The van der Waals surface area contributed by atoms with Crippen LogP contribution in [0.1, 0.15) is 22.3 Å². The molecule has 0 atom stereocenters. The third-order valence-corrected chi connectivity index (χ3v) is 6.60. The molecular weight excluding hydrogens is 438 g/mol. The fraction of sp³-hybridized carbons (Fsp3) is 0. The van der Waals surface area contributed by atoms with Gasteiger partial charge in [-0.2, -0.15) is 0 Å². The average Bonchev–Trinajstić information content (AvgIpc) is 2.90. The SMILES string of the molecule is O=[N+]([O-])c1cccc2c1Oc1ccc3ccccc3c1C2=C1c2ccccc2Oc2ccccc21. The number of para-hydroxylation sites is 3. The molecule has 0 aromatic heterocycles. The predicted octanol–water partition coefficient (Wildman–Crippen LogP) is 7.97. The van der Waals surface area contributed by atoms with Gasteiger partial charge in [0.2, 0.25) is 5.75 Å². The van der Waals surface area contributed by atoms with Gasteiger partial charge in [0.25, 0.3) is 0 Å². The lowest BCUT2D eigenvalue weighted by Gasteiger charge is -2.30. The van der Waals surface area contributed by atoms with Crippen LogP contribution in [0.15, 0.2) is 103 Å². The van der Waals surface area contributed by atoms with Crippen LogP contribution in [0.5, 0.6) is 23.0 Å². The van der Waals surface area contributed by atoms with Crippen molar-refractivity contribution in [1.29, 1.82) is 0 Å². The van der Waals surface area contributed by atoms with Crippen LogP contribution in [0.3, 0.4) is 0 Å². The van der Waals surface area contributed by atoms with Crippen molar-refractivity contribution in [2.45, 2.75) is 0 Å². The zero-order valence-electron chi connectivity index (χ0n) is 18.4. The minimum atomic E-state index is -0.390. The number of nitro groups is 1. The highest BCUT2D eigenvalue weighted by Crippen LogP contribution is 2.56. The Hall–Kier alpha value is -4.90. The van der Waals surface area contributed by atoms with Gasteiger partial charge in [0.15, 0.2) is 0 Å². The van der Waals surface area contributed by atoms with Gasteiger partial charge in [-0.15, -0.1) is 0 Å². The molecule has 2 aliphatic rings. The second-order valence-corrected chi connectivity index (χ2v) is 8.52. The molecule has 0 saturated carbocycles. The van der Waals surface area contributed by atoms with Crippen LogP contribution in [0.4, 0.5) is 5.69 Å². The van der Waals surface area contributed by atoms with Crippen molar-refractivity contribution in [2.75, 3.05) is 0 Å². The molecule has 35 heavy (non-hydrogen) atoms. The highest BCUT2D eigenvalue weighted by Gasteiger charge is 2.35. The van der Waals surface area contributed by atoms with E-state index in [2.05, 4.69) is 12.1 Å². The summed E-state index contributed by atoms with van der Waals surface area (Å²) in [6.45, 7) is 0. The summed E-state index contributed by atoms with van der Waals surface area (Å²) in [4.78, 5) is 11.6. The third-order valence-electron chi connectivity index (χ3n) is 6.60. The Morgan fingerprint density at radius 1 is 0.571 bits per heavy atom. The Kier molecular flexibility index (Phi) is 4.08. The molecular formula is C30H17NO4. The Labute approximate surface area is 200 Å². The van der Waals surface area contributed by atoms with Crippen LogP contribution in [0, 0.1) is 10.1 Å². The van der Waals surface area contributed by atoms with Crippen LogP contribution in [0.2, 0.25) is 0 Å². The average molecular weight is 455 g/mol. The summed E-state index contributed by atoms with van der Waals surface area (Å²) >= 11 is 0. The normalized spacial score (nSPS) is 13.1. The smallest absolute Gasteiger partial charge is 0.312 e. The van der Waals surface area contributed by atoms with Crippen molar-refractivity contribution in [2.24, 2.45) is 0 Å². The van der Waals surface area contributed by atoms with E-state index < -0.39 is 0 Å². The van der Waals surface area contributed by atoms with E-state index in [0.717, 1.165) is 50.1 Å². The molecule has 2 aliphatic heterocycles. The zero-order valence-corrected chi connectivity index (χ0v) is 18.4.